The minimum atomic E-state index is 0.604. The number of rotatable bonds is 7. The Bertz CT molecular complexity index is 867. The summed E-state index contributed by atoms with van der Waals surface area (Å²) < 4.78 is 10.6. The van der Waals surface area contributed by atoms with Gasteiger partial charge in [-0.2, -0.15) is 4.98 Å². The third-order valence-electron chi connectivity index (χ3n) is 3.98. The maximum absolute atomic E-state index is 5.36. The van der Waals surface area contributed by atoms with Gasteiger partial charge in [0, 0.05) is 19.0 Å². The average Bonchev–Trinajstić information content (AvgIpc) is 2.67. The van der Waals surface area contributed by atoms with E-state index in [-0.39, 0.29) is 0 Å². The van der Waals surface area contributed by atoms with E-state index in [9.17, 15) is 0 Å². The van der Waals surface area contributed by atoms with Crippen LogP contribution in [0.4, 0.5) is 11.8 Å². The first-order chi connectivity index (χ1) is 12.2. The standard InChI is InChI=1S/C19H22N4O2/c1-20-19-22-15-7-5-4-6-14(15)18(23-19)21-11-10-13-8-9-16(24-2)17(12-13)25-3/h4-9,12H,10-11H2,1-3H3,(H2,20,21,22,23). The Balaban J connectivity index is 1.75. The van der Waals surface area contributed by atoms with E-state index >= 15 is 0 Å². The SMILES string of the molecule is CNc1nc(NCCc2ccc(OC)c(OC)c2)c2ccccc2n1. The minimum absolute atomic E-state index is 0.604. The lowest BCUT2D eigenvalue weighted by atomic mass is 10.1. The Morgan fingerprint density at radius 2 is 1.76 bits per heavy atom. The van der Waals surface area contributed by atoms with Gasteiger partial charge in [-0.1, -0.05) is 18.2 Å². The molecule has 0 unspecified atom stereocenters. The van der Waals surface area contributed by atoms with Crippen LogP contribution in [-0.4, -0.2) is 37.8 Å². The van der Waals surface area contributed by atoms with Gasteiger partial charge in [-0.15, -0.1) is 0 Å². The summed E-state index contributed by atoms with van der Waals surface area (Å²) in [5.74, 6) is 2.91. The average molecular weight is 338 g/mol. The Morgan fingerprint density at radius 3 is 2.52 bits per heavy atom. The number of hydrogen-bond donors (Lipinski definition) is 2. The molecule has 0 aliphatic rings. The Morgan fingerprint density at radius 1 is 0.960 bits per heavy atom. The quantitative estimate of drug-likeness (QED) is 0.689. The summed E-state index contributed by atoms with van der Waals surface area (Å²) in [5.41, 5.74) is 2.08. The van der Waals surface area contributed by atoms with Crippen LogP contribution in [0.25, 0.3) is 10.9 Å². The van der Waals surface area contributed by atoms with Crippen LogP contribution in [0.3, 0.4) is 0 Å². The normalized spacial score (nSPS) is 10.5. The van der Waals surface area contributed by atoms with Gasteiger partial charge in [-0.3, -0.25) is 0 Å². The van der Waals surface area contributed by atoms with Crippen LogP contribution >= 0.6 is 0 Å². The number of nitrogens with one attached hydrogen (secondary N) is 2. The molecule has 0 spiro atoms. The summed E-state index contributed by atoms with van der Waals surface area (Å²) in [6.07, 6.45) is 0.841. The van der Waals surface area contributed by atoms with E-state index in [1.807, 2.05) is 49.5 Å². The molecule has 25 heavy (non-hydrogen) atoms. The first-order valence-corrected chi connectivity index (χ1v) is 8.14. The zero-order valence-corrected chi connectivity index (χ0v) is 14.7. The maximum atomic E-state index is 5.36. The van der Waals surface area contributed by atoms with Crippen LogP contribution < -0.4 is 20.1 Å². The molecular formula is C19H22N4O2. The number of nitrogens with zero attached hydrogens (tertiary/aromatic N) is 2. The highest BCUT2D eigenvalue weighted by molar-refractivity contribution is 5.89. The predicted molar refractivity (Wildman–Crippen MR) is 101 cm³/mol. The van der Waals surface area contributed by atoms with Gasteiger partial charge in [0.1, 0.15) is 5.82 Å². The lowest BCUT2D eigenvalue weighted by Gasteiger charge is -2.12. The number of aromatic nitrogens is 2. The minimum Gasteiger partial charge on any atom is -0.493 e. The smallest absolute Gasteiger partial charge is 0.224 e. The molecular weight excluding hydrogens is 316 g/mol. The van der Waals surface area contributed by atoms with E-state index in [1.54, 1.807) is 14.2 Å². The highest BCUT2D eigenvalue weighted by Crippen LogP contribution is 2.28. The van der Waals surface area contributed by atoms with Crippen LogP contribution in [0.2, 0.25) is 0 Å². The van der Waals surface area contributed by atoms with Crippen LogP contribution in [-0.2, 0) is 6.42 Å². The van der Waals surface area contributed by atoms with E-state index in [0.29, 0.717) is 5.95 Å². The number of hydrogen-bond acceptors (Lipinski definition) is 6. The Hall–Kier alpha value is -3.02. The highest BCUT2D eigenvalue weighted by Gasteiger charge is 2.07. The topological polar surface area (TPSA) is 68.3 Å². The highest BCUT2D eigenvalue weighted by atomic mass is 16.5. The molecule has 1 aromatic heterocycles. The van der Waals surface area contributed by atoms with Crippen LogP contribution in [0.5, 0.6) is 11.5 Å². The third-order valence-corrected chi connectivity index (χ3v) is 3.98. The molecule has 1 heterocycles. The van der Waals surface area contributed by atoms with Crippen molar-refractivity contribution < 1.29 is 9.47 Å². The third kappa shape index (κ3) is 3.74. The first-order valence-electron chi connectivity index (χ1n) is 8.14. The number of ether oxygens (including phenoxy) is 2. The largest absolute Gasteiger partial charge is 0.493 e. The van der Waals surface area contributed by atoms with Crippen LogP contribution in [0.15, 0.2) is 42.5 Å². The summed E-state index contributed by atoms with van der Waals surface area (Å²) in [7, 11) is 5.10. The molecule has 3 rings (SSSR count). The molecule has 0 saturated heterocycles. The van der Waals surface area contributed by atoms with Gasteiger partial charge in [0.2, 0.25) is 5.95 Å². The van der Waals surface area contributed by atoms with Crippen LogP contribution in [0.1, 0.15) is 5.56 Å². The molecule has 0 atom stereocenters. The number of benzene rings is 2. The van der Waals surface area contributed by atoms with Crippen molar-refractivity contribution in [1.29, 1.82) is 0 Å². The molecule has 0 saturated carbocycles. The van der Waals surface area contributed by atoms with Crippen molar-refractivity contribution in [2.24, 2.45) is 0 Å². The number of anilines is 2. The predicted octanol–water partition coefficient (Wildman–Crippen LogP) is 3.34. The van der Waals surface area contributed by atoms with Crippen molar-refractivity contribution in [2.45, 2.75) is 6.42 Å². The van der Waals surface area contributed by atoms with Crippen molar-refractivity contribution in [2.75, 3.05) is 38.4 Å². The second-order valence-corrected chi connectivity index (χ2v) is 5.53. The summed E-state index contributed by atoms with van der Waals surface area (Å²) in [4.78, 5) is 9.00. The fourth-order valence-electron chi connectivity index (χ4n) is 2.68. The number of para-hydroxylation sites is 1. The van der Waals surface area contributed by atoms with Crippen molar-refractivity contribution in [1.82, 2.24) is 9.97 Å². The van der Waals surface area contributed by atoms with Gasteiger partial charge < -0.3 is 20.1 Å². The van der Waals surface area contributed by atoms with Gasteiger partial charge in [0.25, 0.3) is 0 Å². The number of fused-ring (bicyclic) bond motifs is 1. The Labute approximate surface area is 147 Å². The van der Waals surface area contributed by atoms with E-state index in [4.69, 9.17) is 9.47 Å². The molecule has 0 radical (unpaired) electrons. The first kappa shape index (κ1) is 16.8. The van der Waals surface area contributed by atoms with E-state index in [2.05, 4.69) is 20.6 Å². The van der Waals surface area contributed by atoms with Gasteiger partial charge >= 0.3 is 0 Å². The van der Waals surface area contributed by atoms with Gasteiger partial charge in [-0.25, -0.2) is 4.98 Å². The second kappa shape index (κ2) is 7.70. The van der Waals surface area contributed by atoms with Gasteiger partial charge in [0.15, 0.2) is 11.5 Å². The molecule has 0 fully saturated rings. The van der Waals surface area contributed by atoms with E-state index < -0.39 is 0 Å². The lowest BCUT2D eigenvalue weighted by Crippen LogP contribution is -2.09. The maximum Gasteiger partial charge on any atom is 0.224 e. The molecule has 0 bridgehead atoms. The fourth-order valence-corrected chi connectivity index (χ4v) is 2.68. The molecule has 0 aliphatic heterocycles. The van der Waals surface area contributed by atoms with Gasteiger partial charge in [-0.05, 0) is 36.2 Å². The molecule has 0 amide bonds. The van der Waals surface area contributed by atoms with E-state index in [0.717, 1.165) is 46.7 Å². The van der Waals surface area contributed by atoms with Crippen molar-refractivity contribution in [3.8, 4) is 11.5 Å². The second-order valence-electron chi connectivity index (χ2n) is 5.53. The fraction of sp³-hybridized carbons (Fsp3) is 0.263. The molecule has 6 nitrogen and oxygen atoms in total. The van der Waals surface area contributed by atoms with Crippen molar-refractivity contribution in [3.05, 3.63) is 48.0 Å². The lowest BCUT2D eigenvalue weighted by molar-refractivity contribution is 0.354. The molecule has 2 N–H and O–H groups in total. The van der Waals surface area contributed by atoms with Crippen LogP contribution in [0, 0.1) is 0 Å². The summed E-state index contributed by atoms with van der Waals surface area (Å²) in [5, 5.41) is 7.42. The summed E-state index contributed by atoms with van der Waals surface area (Å²) >= 11 is 0. The summed E-state index contributed by atoms with van der Waals surface area (Å²) in [6, 6.07) is 13.9. The Kier molecular flexibility index (Phi) is 5.18. The monoisotopic (exact) mass is 338 g/mol. The zero-order valence-electron chi connectivity index (χ0n) is 14.7. The van der Waals surface area contributed by atoms with E-state index in [1.165, 1.54) is 0 Å². The molecule has 3 aromatic rings. The molecule has 6 heteroatoms. The molecule has 0 aliphatic carbocycles. The summed E-state index contributed by atoms with van der Waals surface area (Å²) in [6.45, 7) is 0.750. The van der Waals surface area contributed by atoms with Crippen molar-refractivity contribution >= 4 is 22.7 Å². The number of methoxy groups -OCH3 is 2. The van der Waals surface area contributed by atoms with Crippen molar-refractivity contribution in [3.63, 3.8) is 0 Å². The molecule has 2 aromatic carbocycles. The van der Waals surface area contributed by atoms with Gasteiger partial charge in [0.05, 0.1) is 19.7 Å². The zero-order chi connectivity index (χ0) is 17.6. The molecule has 130 valence electrons.